The first-order chi connectivity index (χ1) is 23.6. The quantitative estimate of drug-likeness (QED) is 0.0673. The zero-order valence-electron chi connectivity index (χ0n) is 31.9. The number of urea groups is 1. The Balaban J connectivity index is 0.00000126. The van der Waals surface area contributed by atoms with Crippen LogP contribution in [-0.2, 0) is 23.7 Å². The molecule has 4 aliphatic rings. The number of nitrogens with two attached hydrogens (primary N) is 1. The van der Waals surface area contributed by atoms with Crippen LogP contribution in [0.3, 0.4) is 0 Å². The van der Waals surface area contributed by atoms with Crippen molar-refractivity contribution in [1.82, 2.24) is 20.9 Å². The minimum Gasteiger partial charge on any atom is -0.363 e. The maximum Gasteiger partial charge on any atom is 0.316 e. The Hall–Kier alpha value is -2.73. The minimum absolute atomic E-state index is 0.195. The molecule has 286 valence electrons. The van der Waals surface area contributed by atoms with E-state index in [2.05, 4.69) is 34.3 Å². The predicted octanol–water partition coefficient (Wildman–Crippen LogP) is 5.68. The molecule has 1 aliphatic heterocycles. The van der Waals surface area contributed by atoms with E-state index in [1.807, 2.05) is 27.7 Å². The molecule has 3 aliphatic carbocycles. The number of ketones is 1. The molecule has 3 unspecified atom stereocenters. The molecule has 4 rings (SSSR count). The summed E-state index contributed by atoms with van der Waals surface area (Å²) in [5, 5.41) is 19.7. The molecule has 0 aromatic carbocycles. The Morgan fingerprint density at radius 2 is 1.46 bits per heavy atom. The monoisotopic (exact) mass is 707 g/mol. The summed E-state index contributed by atoms with van der Waals surface area (Å²) in [5.74, 6) is -2.41. The van der Waals surface area contributed by atoms with Crippen LogP contribution in [0.4, 0.5) is 4.79 Å². The number of nitrogens with one attached hydrogen (secondary N) is 3. The van der Waals surface area contributed by atoms with Crippen LogP contribution in [0.15, 0.2) is 0 Å². The van der Waals surface area contributed by atoms with E-state index >= 15 is 0 Å². The second-order valence-electron chi connectivity index (χ2n) is 16.7. The van der Waals surface area contributed by atoms with Gasteiger partial charge >= 0.3 is 6.03 Å². The number of carbonyl (C=O) groups excluding carboxylic acids is 5. The van der Waals surface area contributed by atoms with Crippen molar-refractivity contribution in [2.24, 2.45) is 17.1 Å². The third-order valence-electron chi connectivity index (χ3n) is 11.2. The van der Waals surface area contributed by atoms with Crippen molar-refractivity contribution < 1.29 is 33.7 Å². The molecule has 0 aromatic rings. The minimum atomic E-state index is -1.08. The number of carbonyl (C=O) groups is 5. The van der Waals surface area contributed by atoms with Gasteiger partial charge < -0.3 is 26.6 Å². The number of amides is 5. The second-order valence-corrected chi connectivity index (χ2v) is 16.7. The molecule has 1 heterocycles. The van der Waals surface area contributed by atoms with Crippen LogP contribution in [0.5, 0.6) is 0 Å². The number of unbranched alkanes of at least 4 members (excludes halogenated alkanes) is 2. The third kappa shape index (κ3) is 11.9. The van der Waals surface area contributed by atoms with Crippen LogP contribution < -0.4 is 21.7 Å². The second kappa shape index (κ2) is 18.7. The Labute approximate surface area is 300 Å². The van der Waals surface area contributed by atoms with Crippen LogP contribution in [0, 0.1) is 11.3 Å². The molecule has 6 N–H and O–H groups in total. The van der Waals surface area contributed by atoms with E-state index in [4.69, 9.17) is 5.73 Å². The Morgan fingerprint density at radius 1 is 0.880 bits per heavy atom. The van der Waals surface area contributed by atoms with E-state index in [1.165, 1.54) is 19.3 Å². The predicted molar refractivity (Wildman–Crippen MR) is 194 cm³/mol. The zero-order valence-corrected chi connectivity index (χ0v) is 31.9. The fraction of sp³-hybridized carbons (Fsp3) is 0.868. The number of nitrogens with zero attached hydrogens (tertiary/aromatic N) is 1. The van der Waals surface area contributed by atoms with E-state index in [9.17, 15) is 29.2 Å². The van der Waals surface area contributed by atoms with Crippen LogP contribution in [0.1, 0.15) is 157 Å². The van der Waals surface area contributed by atoms with Crippen LogP contribution in [0.2, 0.25) is 0 Å². The van der Waals surface area contributed by atoms with Crippen molar-refractivity contribution in [3.05, 3.63) is 0 Å². The lowest BCUT2D eigenvalue weighted by atomic mass is 9.70. The van der Waals surface area contributed by atoms with Gasteiger partial charge in [-0.15, -0.1) is 5.26 Å². The lowest BCUT2D eigenvalue weighted by molar-refractivity contribution is -0.489. The molecule has 12 heteroatoms. The van der Waals surface area contributed by atoms with E-state index < -0.39 is 58.3 Å². The summed E-state index contributed by atoms with van der Waals surface area (Å²) in [6.45, 7) is 12.7. The van der Waals surface area contributed by atoms with Crippen molar-refractivity contribution in [3.63, 3.8) is 0 Å². The van der Waals surface area contributed by atoms with Gasteiger partial charge in [0.2, 0.25) is 24.2 Å². The summed E-state index contributed by atoms with van der Waals surface area (Å²) in [6, 6.07) is -3.13. The van der Waals surface area contributed by atoms with Crippen LogP contribution in [-0.4, -0.2) is 82.1 Å². The number of rotatable bonds is 14. The van der Waals surface area contributed by atoms with Gasteiger partial charge in [-0.25, -0.2) is 9.31 Å². The molecule has 3 saturated carbocycles. The van der Waals surface area contributed by atoms with Crippen LogP contribution in [0.25, 0.3) is 0 Å². The van der Waals surface area contributed by atoms with Crippen molar-refractivity contribution in [2.45, 2.75) is 186 Å². The molecule has 0 radical (unpaired) electrons. The highest BCUT2D eigenvalue weighted by Gasteiger charge is 2.48. The summed E-state index contributed by atoms with van der Waals surface area (Å²) >= 11 is 0. The van der Waals surface area contributed by atoms with Crippen molar-refractivity contribution in [3.8, 4) is 0 Å². The number of likely N-dealkylation sites (tertiary alicyclic amines) is 1. The van der Waals surface area contributed by atoms with Crippen molar-refractivity contribution in [2.75, 3.05) is 13.2 Å². The highest BCUT2D eigenvalue weighted by Crippen LogP contribution is 2.41. The average Bonchev–Trinajstić information content (AvgIpc) is 3.74. The first-order valence-electron chi connectivity index (χ1n) is 19.5. The molecule has 0 bridgehead atoms. The first kappa shape index (κ1) is 41.7. The lowest BCUT2D eigenvalue weighted by Gasteiger charge is -2.43. The summed E-state index contributed by atoms with van der Waals surface area (Å²) in [6.07, 6.45) is 16.1. The van der Waals surface area contributed by atoms with Gasteiger partial charge in [0.1, 0.15) is 17.6 Å². The average molecular weight is 707 g/mol. The smallest absolute Gasteiger partial charge is 0.316 e. The standard InChI is InChI=1S/C33H55N5O7.C5H12/c1-31(2,3)45(44)21-33(17-9-6-10-18-33)37-30(43)36-26(32(4)15-7-5-8-16-32)29(42)38-19-11-12-24(38)28(41)35-23(20-22-13-14-22)25(39)27(34)40;1-3-5-4-2/h22-24,26,44H,5-21H2,1-4H3,(H4-,34,35,36,37,40,41,43);3-5H2,1-2H3/p+1. The number of hydrogen-bond donors (Lipinski definition) is 5. The molecule has 12 nitrogen and oxygen atoms in total. The molecular weight excluding hydrogens is 638 g/mol. The fourth-order valence-corrected chi connectivity index (χ4v) is 7.78. The molecular formula is C38H68N5O7+. The van der Waals surface area contributed by atoms with Gasteiger partial charge in [0.25, 0.3) is 5.91 Å². The van der Waals surface area contributed by atoms with Crippen LogP contribution >= 0.6 is 0 Å². The van der Waals surface area contributed by atoms with Crippen molar-refractivity contribution in [1.29, 1.82) is 0 Å². The summed E-state index contributed by atoms with van der Waals surface area (Å²) in [7, 11) is 0. The summed E-state index contributed by atoms with van der Waals surface area (Å²) in [4.78, 5) is 67.5. The molecule has 1 saturated heterocycles. The molecule has 0 aromatic heterocycles. The van der Waals surface area contributed by atoms with E-state index in [0.717, 1.165) is 64.2 Å². The van der Waals surface area contributed by atoms with Gasteiger partial charge in [-0.2, -0.15) is 0 Å². The van der Waals surface area contributed by atoms with Gasteiger partial charge in [0.05, 0.1) is 6.04 Å². The Morgan fingerprint density at radius 3 is 1.96 bits per heavy atom. The van der Waals surface area contributed by atoms with Gasteiger partial charge in [-0.1, -0.05) is 91.4 Å². The summed E-state index contributed by atoms with van der Waals surface area (Å²) < 4.78 is 2.23. The van der Waals surface area contributed by atoms with Gasteiger partial charge in [0, 0.05) is 27.3 Å². The zero-order chi connectivity index (χ0) is 37.1. The third-order valence-corrected chi connectivity index (χ3v) is 11.2. The SMILES string of the molecule is CC1(C(NC(=O)NC2(C[O+](O)C(C)(C)C)CCCCC2)C(=O)N2CCCC2C(=O)NC(CC2CC2)C(=O)C(N)=O)CCCCC1.CCCCC. The lowest BCUT2D eigenvalue weighted by Crippen LogP contribution is -2.64. The normalized spacial score (nSPS) is 22.8. The Kier molecular flexibility index (Phi) is 15.6. The van der Waals surface area contributed by atoms with E-state index in [0.29, 0.717) is 38.6 Å². The first-order valence-corrected chi connectivity index (χ1v) is 19.5. The fourth-order valence-electron chi connectivity index (χ4n) is 7.78. The molecule has 3 atom stereocenters. The molecule has 4 fully saturated rings. The largest absolute Gasteiger partial charge is 0.363 e. The number of hydrogen-bond acceptors (Lipinski definition) is 6. The highest BCUT2D eigenvalue weighted by atomic mass is 17.2. The number of primary amides is 1. The maximum absolute atomic E-state index is 14.4. The molecule has 5 amide bonds. The van der Waals surface area contributed by atoms with Gasteiger partial charge in [-0.05, 0) is 56.3 Å². The Bertz CT molecular complexity index is 1150. The molecule has 0 spiro atoms. The summed E-state index contributed by atoms with van der Waals surface area (Å²) in [5.41, 5.74) is 3.52. The molecule has 50 heavy (non-hydrogen) atoms. The highest BCUT2D eigenvalue weighted by molar-refractivity contribution is 6.37. The van der Waals surface area contributed by atoms with Crippen molar-refractivity contribution >= 4 is 29.5 Å². The van der Waals surface area contributed by atoms with E-state index in [-0.39, 0.29) is 18.4 Å². The van der Waals surface area contributed by atoms with Gasteiger partial charge in [0.15, 0.2) is 5.60 Å². The topological polar surface area (TPSA) is 174 Å². The van der Waals surface area contributed by atoms with Gasteiger partial charge in [-0.3, -0.25) is 19.2 Å². The number of Topliss-reactive ketones (excluding diaryl/α,β-unsaturated/α-hetero) is 1. The van der Waals surface area contributed by atoms with E-state index in [1.54, 1.807) is 4.90 Å². The maximum atomic E-state index is 14.4.